The Hall–Kier alpha value is -3.90. The summed E-state index contributed by atoms with van der Waals surface area (Å²) in [6, 6.07) is 40.3. The molecule has 0 aromatic heterocycles. The van der Waals surface area contributed by atoms with Gasteiger partial charge in [0.2, 0.25) is 0 Å². The van der Waals surface area contributed by atoms with Crippen LogP contribution < -0.4 is 0 Å². The molecule has 0 heteroatoms. The van der Waals surface area contributed by atoms with Crippen molar-refractivity contribution < 1.29 is 0 Å². The van der Waals surface area contributed by atoms with E-state index in [1.807, 2.05) is 0 Å². The predicted octanol–water partition coefficient (Wildman–Crippen LogP) is 8.61. The Morgan fingerprint density at radius 1 is 0.233 bits per heavy atom. The van der Waals surface area contributed by atoms with E-state index in [4.69, 9.17) is 0 Å². The van der Waals surface area contributed by atoms with Gasteiger partial charge in [-0.2, -0.15) is 0 Å². The highest BCUT2D eigenvalue weighted by molar-refractivity contribution is 6.20. The van der Waals surface area contributed by atoms with Crippen LogP contribution in [-0.2, 0) is 0 Å². The van der Waals surface area contributed by atoms with Crippen LogP contribution in [0.3, 0.4) is 0 Å². The molecular formula is C30H18. The van der Waals surface area contributed by atoms with Gasteiger partial charge in [-0.25, -0.2) is 0 Å². The van der Waals surface area contributed by atoms with Gasteiger partial charge >= 0.3 is 0 Å². The van der Waals surface area contributed by atoms with Gasteiger partial charge in [0.05, 0.1) is 0 Å². The molecule has 0 aliphatic carbocycles. The van der Waals surface area contributed by atoms with Gasteiger partial charge < -0.3 is 0 Å². The summed E-state index contributed by atoms with van der Waals surface area (Å²) in [7, 11) is 0. The van der Waals surface area contributed by atoms with E-state index in [2.05, 4.69) is 109 Å². The minimum absolute atomic E-state index is 1.29. The fourth-order valence-corrected chi connectivity index (χ4v) is 5.08. The van der Waals surface area contributed by atoms with Crippen molar-refractivity contribution in [3.05, 3.63) is 109 Å². The van der Waals surface area contributed by atoms with Crippen LogP contribution in [0.25, 0.3) is 64.6 Å². The highest BCUT2D eigenvalue weighted by atomic mass is 14.1. The molecule has 7 aromatic carbocycles. The van der Waals surface area contributed by atoms with Crippen molar-refractivity contribution in [2.45, 2.75) is 0 Å². The van der Waals surface area contributed by atoms with Gasteiger partial charge in [-0.05, 0) is 88.9 Å². The number of benzene rings is 7. The summed E-state index contributed by atoms with van der Waals surface area (Å²) in [5.41, 5.74) is 0. The lowest BCUT2D eigenvalue weighted by molar-refractivity contribution is 1.78. The van der Waals surface area contributed by atoms with Crippen molar-refractivity contribution in [2.75, 3.05) is 0 Å². The lowest BCUT2D eigenvalue weighted by Gasteiger charge is -2.11. The Bertz CT molecular complexity index is 1750. The lowest BCUT2D eigenvalue weighted by atomic mass is 9.93. The second kappa shape index (κ2) is 5.81. The van der Waals surface area contributed by atoms with E-state index >= 15 is 0 Å². The van der Waals surface area contributed by atoms with E-state index in [1.165, 1.54) is 64.6 Å². The van der Waals surface area contributed by atoms with Crippen LogP contribution in [0.2, 0.25) is 0 Å². The zero-order chi connectivity index (χ0) is 19.7. The molecule has 7 rings (SSSR count). The smallest absolute Gasteiger partial charge is 0.00987 e. The lowest BCUT2D eigenvalue weighted by Crippen LogP contribution is -1.83. The Balaban J connectivity index is 1.61. The van der Waals surface area contributed by atoms with Crippen molar-refractivity contribution in [2.24, 2.45) is 0 Å². The molecule has 30 heavy (non-hydrogen) atoms. The largest absolute Gasteiger partial charge is 0.0616 e. The molecule has 0 atom stereocenters. The number of fused-ring (bicyclic) bond motifs is 9. The van der Waals surface area contributed by atoms with Crippen LogP contribution in [0.1, 0.15) is 0 Å². The molecule has 0 aliphatic rings. The molecular weight excluding hydrogens is 360 g/mol. The van der Waals surface area contributed by atoms with Crippen LogP contribution >= 0.6 is 0 Å². The van der Waals surface area contributed by atoms with Gasteiger partial charge in [-0.15, -0.1) is 0 Å². The Kier molecular flexibility index (Phi) is 3.09. The Labute approximate surface area is 174 Å². The Morgan fingerprint density at radius 2 is 0.667 bits per heavy atom. The van der Waals surface area contributed by atoms with E-state index in [0.717, 1.165) is 0 Å². The summed E-state index contributed by atoms with van der Waals surface area (Å²) in [5, 5.41) is 15.7. The van der Waals surface area contributed by atoms with E-state index in [-0.39, 0.29) is 0 Å². The minimum Gasteiger partial charge on any atom is -0.0616 e. The molecule has 0 amide bonds. The molecule has 0 saturated heterocycles. The maximum atomic E-state index is 2.37. The highest BCUT2D eigenvalue weighted by Crippen LogP contribution is 2.35. The molecule has 7 aromatic rings. The summed E-state index contributed by atoms with van der Waals surface area (Å²) in [6.45, 7) is 0. The van der Waals surface area contributed by atoms with Gasteiger partial charge in [-0.1, -0.05) is 84.9 Å². The topological polar surface area (TPSA) is 0 Å². The van der Waals surface area contributed by atoms with Crippen molar-refractivity contribution in [3.63, 3.8) is 0 Å². The summed E-state index contributed by atoms with van der Waals surface area (Å²) in [6.07, 6.45) is 0. The SMILES string of the molecule is c1ccc2c(c1)ccc1cc3cc4c(ccc5c6ccccc6ccc45)cc3cc12. The highest BCUT2D eigenvalue weighted by Gasteiger charge is 2.08. The first kappa shape index (κ1) is 16.0. The van der Waals surface area contributed by atoms with E-state index in [9.17, 15) is 0 Å². The van der Waals surface area contributed by atoms with E-state index in [0.29, 0.717) is 0 Å². The van der Waals surface area contributed by atoms with Crippen LogP contribution in [-0.4, -0.2) is 0 Å². The van der Waals surface area contributed by atoms with E-state index in [1.54, 1.807) is 0 Å². The van der Waals surface area contributed by atoms with Crippen LogP contribution in [0.5, 0.6) is 0 Å². The zero-order valence-corrected chi connectivity index (χ0v) is 16.4. The van der Waals surface area contributed by atoms with Crippen LogP contribution in [0, 0.1) is 0 Å². The Morgan fingerprint density at radius 3 is 1.33 bits per heavy atom. The molecule has 0 nitrogen and oxygen atoms in total. The third-order valence-electron chi connectivity index (χ3n) is 6.56. The first-order valence-corrected chi connectivity index (χ1v) is 10.4. The molecule has 0 bridgehead atoms. The molecule has 0 N–H and O–H groups in total. The van der Waals surface area contributed by atoms with Gasteiger partial charge in [0.1, 0.15) is 0 Å². The monoisotopic (exact) mass is 378 g/mol. The summed E-state index contributed by atoms with van der Waals surface area (Å²) < 4.78 is 0. The zero-order valence-electron chi connectivity index (χ0n) is 16.4. The number of hydrogen-bond donors (Lipinski definition) is 0. The van der Waals surface area contributed by atoms with Gasteiger partial charge in [-0.3, -0.25) is 0 Å². The fraction of sp³-hybridized carbons (Fsp3) is 0. The molecule has 0 unspecified atom stereocenters. The summed E-state index contributed by atoms with van der Waals surface area (Å²) >= 11 is 0. The quantitative estimate of drug-likeness (QED) is 0.183. The second-order valence-electron chi connectivity index (χ2n) is 8.23. The van der Waals surface area contributed by atoms with Crippen LogP contribution in [0.15, 0.2) is 109 Å². The standard InChI is InChI=1S/C30H18/c1-3-7-25-20(6-1)11-13-28-27(25)14-12-22-16-23-17-29-21(15-24(23)18-30(22)28)10-9-19-5-2-4-8-26(19)29/h1-18H. The molecule has 0 saturated carbocycles. The van der Waals surface area contributed by atoms with Gasteiger partial charge in [0, 0.05) is 0 Å². The van der Waals surface area contributed by atoms with Crippen molar-refractivity contribution in [3.8, 4) is 0 Å². The average molecular weight is 378 g/mol. The fourth-order valence-electron chi connectivity index (χ4n) is 5.08. The van der Waals surface area contributed by atoms with Gasteiger partial charge in [0.25, 0.3) is 0 Å². The van der Waals surface area contributed by atoms with Crippen molar-refractivity contribution in [1.82, 2.24) is 0 Å². The summed E-state index contributed by atoms with van der Waals surface area (Å²) in [5.74, 6) is 0. The first-order valence-electron chi connectivity index (χ1n) is 10.4. The average Bonchev–Trinajstić information content (AvgIpc) is 2.81. The number of rotatable bonds is 0. The van der Waals surface area contributed by atoms with Crippen molar-refractivity contribution >= 4 is 64.6 Å². The molecule has 0 aliphatic heterocycles. The maximum absolute atomic E-state index is 2.37. The number of hydrogen-bond acceptors (Lipinski definition) is 0. The third-order valence-corrected chi connectivity index (χ3v) is 6.56. The summed E-state index contributed by atoms with van der Waals surface area (Å²) in [4.78, 5) is 0. The van der Waals surface area contributed by atoms with Crippen molar-refractivity contribution in [1.29, 1.82) is 0 Å². The third kappa shape index (κ3) is 2.16. The predicted molar refractivity (Wildman–Crippen MR) is 131 cm³/mol. The second-order valence-corrected chi connectivity index (χ2v) is 8.23. The molecule has 0 fully saturated rings. The molecule has 0 radical (unpaired) electrons. The van der Waals surface area contributed by atoms with E-state index < -0.39 is 0 Å². The molecule has 0 spiro atoms. The molecule has 0 heterocycles. The van der Waals surface area contributed by atoms with Crippen LogP contribution in [0.4, 0.5) is 0 Å². The molecule has 138 valence electrons. The minimum atomic E-state index is 1.29. The maximum Gasteiger partial charge on any atom is -0.00987 e. The first-order chi connectivity index (χ1) is 14.8. The van der Waals surface area contributed by atoms with Gasteiger partial charge in [0.15, 0.2) is 0 Å². The normalized spacial score (nSPS) is 12.0.